The van der Waals surface area contributed by atoms with Crippen LogP contribution < -0.4 is 5.32 Å². The van der Waals surface area contributed by atoms with Gasteiger partial charge in [-0.15, -0.1) is 0 Å². The maximum Gasteiger partial charge on any atom is 0.318 e. The van der Waals surface area contributed by atoms with Gasteiger partial charge in [0.15, 0.2) is 0 Å². The molecule has 2 bridgehead atoms. The Bertz CT molecular complexity index is 711. The molecule has 2 aromatic rings. The van der Waals surface area contributed by atoms with Crippen LogP contribution in [0.4, 0.5) is 4.79 Å². The zero-order chi connectivity index (χ0) is 17.1. The number of amides is 2. The molecule has 5 heteroatoms. The molecular formula is C20H26N4O. The maximum atomic E-state index is 12.4. The van der Waals surface area contributed by atoms with E-state index in [0.29, 0.717) is 12.6 Å². The minimum atomic E-state index is 0.0750. The first-order valence-electron chi connectivity index (χ1n) is 9.38. The maximum absolute atomic E-state index is 12.4. The van der Waals surface area contributed by atoms with Crippen LogP contribution in [0.2, 0.25) is 0 Å². The minimum Gasteiger partial charge on any atom is -0.333 e. The molecule has 132 valence electrons. The fourth-order valence-corrected chi connectivity index (χ4v) is 4.24. The van der Waals surface area contributed by atoms with Gasteiger partial charge in [0.1, 0.15) is 5.82 Å². The molecule has 1 aliphatic heterocycles. The van der Waals surface area contributed by atoms with Crippen LogP contribution in [0.25, 0.3) is 0 Å². The number of hydrogen-bond acceptors (Lipinski definition) is 2. The van der Waals surface area contributed by atoms with Gasteiger partial charge in [-0.3, -0.25) is 0 Å². The SMILES string of the molecule is O=C(NCc1nccn1CCCc1ccccc1)N1C[C@H]2CC[C@H]1C2. The Kier molecular flexibility index (Phi) is 4.72. The third kappa shape index (κ3) is 3.70. The van der Waals surface area contributed by atoms with Gasteiger partial charge in [-0.25, -0.2) is 9.78 Å². The van der Waals surface area contributed by atoms with Crippen LogP contribution in [-0.4, -0.2) is 33.1 Å². The summed E-state index contributed by atoms with van der Waals surface area (Å²) in [5.74, 6) is 1.67. The molecule has 2 heterocycles. The number of piperidine rings is 1. The zero-order valence-electron chi connectivity index (χ0n) is 14.6. The summed E-state index contributed by atoms with van der Waals surface area (Å²) >= 11 is 0. The number of aromatic nitrogens is 2. The highest BCUT2D eigenvalue weighted by atomic mass is 16.2. The number of aryl methyl sites for hydroxylation is 2. The number of rotatable bonds is 6. The molecule has 2 atom stereocenters. The van der Waals surface area contributed by atoms with Crippen LogP contribution >= 0.6 is 0 Å². The lowest BCUT2D eigenvalue weighted by atomic mass is 10.1. The molecule has 1 aromatic carbocycles. The molecule has 25 heavy (non-hydrogen) atoms. The van der Waals surface area contributed by atoms with Crippen LogP contribution in [-0.2, 0) is 19.5 Å². The molecule has 1 aromatic heterocycles. The number of fused-ring (bicyclic) bond motifs is 2. The van der Waals surface area contributed by atoms with Gasteiger partial charge in [-0.1, -0.05) is 30.3 Å². The molecule has 5 nitrogen and oxygen atoms in total. The van der Waals surface area contributed by atoms with E-state index in [1.54, 1.807) is 0 Å². The summed E-state index contributed by atoms with van der Waals surface area (Å²) in [7, 11) is 0. The molecule has 2 fully saturated rings. The molecule has 2 aliphatic rings. The van der Waals surface area contributed by atoms with Gasteiger partial charge < -0.3 is 14.8 Å². The van der Waals surface area contributed by atoms with E-state index >= 15 is 0 Å². The first kappa shape index (κ1) is 16.2. The molecular weight excluding hydrogens is 312 g/mol. The summed E-state index contributed by atoms with van der Waals surface area (Å²) in [5.41, 5.74) is 1.36. The first-order chi connectivity index (χ1) is 12.3. The minimum absolute atomic E-state index is 0.0750. The fourth-order valence-electron chi connectivity index (χ4n) is 4.24. The van der Waals surface area contributed by atoms with Gasteiger partial charge in [-0.05, 0) is 43.6 Å². The van der Waals surface area contributed by atoms with Crippen LogP contribution in [0, 0.1) is 5.92 Å². The van der Waals surface area contributed by atoms with Crippen LogP contribution in [0.3, 0.4) is 0 Å². The Labute approximate surface area is 149 Å². The molecule has 4 rings (SSSR count). The van der Waals surface area contributed by atoms with Crippen molar-refractivity contribution < 1.29 is 4.79 Å². The Morgan fingerprint density at radius 1 is 1.24 bits per heavy atom. The highest BCUT2D eigenvalue weighted by Gasteiger charge is 2.40. The smallest absolute Gasteiger partial charge is 0.318 e. The molecule has 1 saturated heterocycles. The van der Waals surface area contributed by atoms with E-state index in [4.69, 9.17) is 0 Å². The first-order valence-corrected chi connectivity index (χ1v) is 9.38. The average Bonchev–Trinajstić information content (AvgIpc) is 3.37. The van der Waals surface area contributed by atoms with Gasteiger partial charge in [-0.2, -0.15) is 0 Å². The van der Waals surface area contributed by atoms with E-state index in [1.165, 1.54) is 24.8 Å². The Balaban J connectivity index is 1.26. The number of benzene rings is 1. The summed E-state index contributed by atoms with van der Waals surface area (Å²) in [4.78, 5) is 18.9. The topological polar surface area (TPSA) is 50.2 Å². The van der Waals surface area contributed by atoms with Crippen molar-refractivity contribution in [2.45, 2.75) is 51.2 Å². The Hall–Kier alpha value is -2.30. The number of carbonyl (C=O) groups excluding carboxylic acids is 1. The van der Waals surface area contributed by atoms with Gasteiger partial charge in [0, 0.05) is 31.5 Å². The number of nitrogens with zero attached hydrogens (tertiary/aromatic N) is 3. The molecule has 1 aliphatic carbocycles. The molecule has 2 amide bonds. The number of carbonyl (C=O) groups is 1. The van der Waals surface area contributed by atoms with E-state index in [1.807, 2.05) is 23.4 Å². The van der Waals surface area contributed by atoms with E-state index in [2.05, 4.69) is 39.1 Å². The second-order valence-electron chi connectivity index (χ2n) is 7.27. The van der Waals surface area contributed by atoms with Crippen molar-refractivity contribution in [2.75, 3.05) is 6.54 Å². The monoisotopic (exact) mass is 338 g/mol. The van der Waals surface area contributed by atoms with Crippen LogP contribution in [0.1, 0.15) is 37.1 Å². The van der Waals surface area contributed by atoms with Crippen molar-refractivity contribution >= 4 is 6.03 Å². The van der Waals surface area contributed by atoms with E-state index in [9.17, 15) is 4.79 Å². The van der Waals surface area contributed by atoms with Crippen molar-refractivity contribution in [3.63, 3.8) is 0 Å². The summed E-state index contributed by atoms with van der Waals surface area (Å²) in [5, 5.41) is 3.06. The highest BCUT2D eigenvalue weighted by Crippen LogP contribution is 2.37. The lowest BCUT2D eigenvalue weighted by Crippen LogP contribution is -2.44. The molecule has 0 unspecified atom stereocenters. The zero-order valence-corrected chi connectivity index (χ0v) is 14.6. The van der Waals surface area contributed by atoms with Gasteiger partial charge in [0.2, 0.25) is 0 Å². The second-order valence-corrected chi connectivity index (χ2v) is 7.27. The number of hydrogen-bond donors (Lipinski definition) is 1. The Morgan fingerprint density at radius 2 is 2.12 bits per heavy atom. The van der Waals surface area contributed by atoms with Crippen LogP contribution in [0.5, 0.6) is 0 Å². The summed E-state index contributed by atoms with van der Waals surface area (Å²) in [6.45, 7) is 2.36. The third-order valence-corrected chi connectivity index (χ3v) is 5.58. The van der Waals surface area contributed by atoms with Crippen molar-refractivity contribution in [1.82, 2.24) is 19.8 Å². The van der Waals surface area contributed by atoms with Crippen molar-refractivity contribution in [3.05, 3.63) is 54.1 Å². The number of urea groups is 1. The quantitative estimate of drug-likeness (QED) is 0.879. The normalized spacial score (nSPS) is 21.7. The van der Waals surface area contributed by atoms with E-state index in [0.717, 1.165) is 37.7 Å². The lowest BCUT2D eigenvalue weighted by molar-refractivity contribution is 0.180. The fraction of sp³-hybridized carbons (Fsp3) is 0.500. The van der Waals surface area contributed by atoms with E-state index in [-0.39, 0.29) is 6.03 Å². The van der Waals surface area contributed by atoms with Crippen molar-refractivity contribution in [3.8, 4) is 0 Å². The summed E-state index contributed by atoms with van der Waals surface area (Å²) in [6.07, 6.45) is 9.61. The van der Waals surface area contributed by atoms with Crippen LogP contribution in [0.15, 0.2) is 42.7 Å². The largest absolute Gasteiger partial charge is 0.333 e. The number of nitrogens with one attached hydrogen (secondary N) is 1. The van der Waals surface area contributed by atoms with Gasteiger partial charge in [0.25, 0.3) is 0 Å². The predicted octanol–water partition coefficient (Wildman–Crippen LogP) is 3.21. The highest BCUT2D eigenvalue weighted by molar-refractivity contribution is 5.75. The van der Waals surface area contributed by atoms with Crippen molar-refractivity contribution in [1.29, 1.82) is 0 Å². The molecule has 0 radical (unpaired) electrons. The molecule has 1 saturated carbocycles. The standard InChI is InChI=1S/C20H26N4O/c25-20(24-15-17-8-9-18(24)13-17)22-14-19-21-10-12-23(19)11-4-7-16-5-2-1-3-6-16/h1-3,5-6,10,12,17-18H,4,7-9,11,13-15H2,(H,22,25)/t17-,18-/m0/s1. The molecule has 0 spiro atoms. The number of likely N-dealkylation sites (tertiary alicyclic amines) is 1. The lowest BCUT2D eigenvalue weighted by Gasteiger charge is -2.27. The summed E-state index contributed by atoms with van der Waals surface area (Å²) < 4.78 is 2.15. The predicted molar refractivity (Wildman–Crippen MR) is 97.1 cm³/mol. The van der Waals surface area contributed by atoms with Gasteiger partial charge in [0.05, 0.1) is 6.54 Å². The number of imidazole rings is 1. The van der Waals surface area contributed by atoms with Crippen molar-refractivity contribution in [2.24, 2.45) is 5.92 Å². The average molecular weight is 338 g/mol. The van der Waals surface area contributed by atoms with Gasteiger partial charge >= 0.3 is 6.03 Å². The summed E-state index contributed by atoms with van der Waals surface area (Å²) in [6, 6.07) is 11.1. The van der Waals surface area contributed by atoms with E-state index < -0.39 is 0 Å². The third-order valence-electron chi connectivity index (χ3n) is 5.58. The molecule has 1 N–H and O–H groups in total. The Morgan fingerprint density at radius 3 is 2.88 bits per heavy atom. The second kappa shape index (κ2) is 7.30.